The van der Waals surface area contributed by atoms with Crippen molar-refractivity contribution < 1.29 is 0 Å². The lowest BCUT2D eigenvalue weighted by molar-refractivity contribution is 0.263. The van der Waals surface area contributed by atoms with Crippen LogP contribution in [0.25, 0.3) is 0 Å². The van der Waals surface area contributed by atoms with Crippen LogP contribution in [0.1, 0.15) is 24.3 Å². The van der Waals surface area contributed by atoms with Crippen LogP contribution in [0.2, 0.25) is 0 Å². The van der Waals surface area contributed by atoms with Crippen LogP contribution < -0.4 is 5.73 Å². The molecule has 2 nitrogen and oxygen atoms in total. The van der Waals surface area contributed by atoms with E-state index in [1.54, 1.807) is 0 Å². The smallest absolute Gasteiger partial charge is 0.0414 e. The first-order valence-electron chi connectivity index (χ1n) is 4.90. The number of nitrogens with two attached hydrogens (primary N) is 1. The molecule has 78 valence electrons. The van der Waals surface area contributed by atoms with E-state index in [4.69, 9.17) is 5.73 Å². The minimum Gasteiger partial charge on any atom is -0.326 e. The van der Waals surface area contributed by atoms with E-state index in [1.807, 2.05) is 11.3 Å². The molecule has 1 saturated heterocycles. The maximum Gasteiger partial charge on any atom is 0.0414 e. The molecule has 0 aromatic carbocycles. The normalized spacial score (nSPS) is 25.5. The van der Waals surface area contributed by atoms with E-state index in [2.05, 4.69) is 39.2 Å². The van der Waals surface area contributed by atoms with Crippen LogP contribution >= 0.6 is 27.3 Å². The summed E-state index contributed by atoms with van der Waals surface area (Å²) in [7, 11) is 0. The monoisotopic (exact) mass is 274 g/mol. The van der Waals surface area contributed by atoms with E-state index in [0.29, 0.717) is 12.1 Å². The topological polar surface area (TPSA) is 29.3 Å². The third-order valence-electron chi connectivity index (χ3n) is 2.80. The molecule has 2 heterocycles. The summed E-state index contributed by atoms with van der Waals surface area (Å²) in [6.07, 6.45) is 1.14. The van der Waals surface area contributed by atoms with Gasteiger partial charge in [-0.1, -0.05) is 0 Å². The Morgan fingerprint density at radius 3 is 3.00 bits per heavy atom. The molecule has 14 heavy (non-hydrogen) atoms. The Kier molecular flexibility index (Phi) is 3.27. The van der Waals surface area contributed by atoms with E-state index >= 15 is 0 Å². The summed E-state index contributed by atoms with van der Waals surface area (Å²) in [6.45, 7) is 4.44. The number of thiophene rings is 1. The average molecular weight is 275 g/mol. The number of hydrogen-bond donors (Lipinski definition) is 1. The van der Waals surface area contributed by atoms with Gasteiger partial charge in [0, 0.05) is 39.9 Å². The van der Waals surface area contributed by atoms with Crippen LogP contribution in [0, 0.1) is 0 Å². The molecular formula is C10H15BrN2S. The molecule has 0 radical (unpaired) electrons. The zero-order valence-electron chi connectivity index (χ0n) is 8.24. The summed E-state index contributed by atoms with van der Waals surface area (Å²) in [5, 5.41) is 2.14. The van der Waals surface area contributed by atoms with E-state index in [0.717, 1.165) is 19.5 Å². The van der Waals surface area contributed by atoms with Gasteiger partial charge in [-0.05, 0) is 35.3 Å². The molecule has 2 atom stereocenters. The van der Waals surface area contributed by atoms with Gasteiger partial charge in [-0.2, -0.15) is 0 Å². The van der Waals surface area contributed by atoms with Crippen molar-refractivity contribution in [1.29, 1.82) is 0 Å². The van der Waals surface area contributed by atoms with Crippen molar-refractivity contribution in [1.82, 2.24) is 4.90 Å². The summed E-state index contributed by atoms with van der Waals surface area (Å²) in [5.74, 6) is 0. The highest BCUT2D eigenvalue weighted by atomic mass is 79.9. The first-order chi connectivity index (χ1) is 6.66. The Labute approximate surface area is 97.2 Å². The number of rotatable bonds is 2. The lowest BCUT2D eigenvalue weighted by Crippen LogP contribution is -2.28. The number of hydrogen-bond acceptors (Lipinski definition) is 3. The fourth-order valence-corrected chi connectivity index (χ4v) is 3.43. The van der Waals surface area contributed by atoms with Gasteiger partial charge in [0.05, 0.1) is 0 Å². The van der Waals surface area contributed by atoms with Crippen molar-refractivity contribution >= 4 is 27.3 Å². The summed E-state index contributed by atoms with van der Waals surface area (Å²) < 4.78 is 1.19. The van der Waals surface area contributed by atoms with Crippen molar-refractivity contribution in [3.05, 3.63) is 20.8 Å². The largest absolute Gasteiger partial charge is 0.326 e. The standard InChI is InChI=1S/C10H15BrN2S/c1-7(10-4-8(11)6-14-10)13-3-2-9(12)5-13/h4,6-7,9H,2-3,5,12H2,1H3. The number of nitrogens with zero attached hydrogens (tertiary/aromatic N) is 1. The summed E-state index contributed by atoms with van der Waals surface area (Å²) in [4.78, 5) is 3.88. The second kappa shape index (κ2) is 4.31. The van der Waals surface area contributed by atoms with Crippen molar-refractivity contribution in [2.45, 2.75) is 25.4 Å². The van der Waals surface area contributed by atoms with Gasteiger partial charge in [0.25, 0.3) is 0 Å². The molecule has 0 saturated carbocycles. The third-order valence-corrected chi connectivity index (χ3v) is 4.67. The van der Waals surface area contributed by atoms with E-state index < -0.39 is 0 Å². The van der Waals surface area contributed by atoms with Gasteiger partial charge in [-0.25, -0.2) is 0 Å². The van der Waals surface area contributed by atoms with Gasteiger partial charge < -0.3 is 5.73 Å². The Bertz CT molecular complexity index is 313. The van der Waals surface area contributed by atoms with Gasteiger partial charge in [0.1, 0.15) is 0 Å². The molecule has 1 fully saturated rings. The maximum absolute atomic E-state index is 5.90. The minimum absolute atomic E-state index is 0.376. The van der Waals surface area contributed by atoms with Crippen LogP contribution in [-0.4, -0.2) is 24.0 Å². The van der Waals surface area contributed by atoms with Crippen molar-refractivity contribution in [3.63, 3.8) is 0 Å². The number of likely N-dealkylation sites (tertiary alicyclic amines) is 1. The molecule has 2 unspecified atom stereocenters. The average Bonchev–Trinajstić information content (AvgIpc) is 2.73. The van der Waals surface area contributed by atoms with E-state index in [-0.39, 0.29) is 0 Å². The molecule has 1 aromatic rings. The fourth-order valence-electron chi connectivity index (χ4n) is 1.89. The summed E-state index contributed by atoms with van der Waals surface area (Å²) in [6, 6.07) is 3.10. The summed E-state index contributed by atoms with van der Waals surface area (Å²) in [5.41, 5.74) is 5.90. The SMILES string of the molecule is CC(c1cc(Br)cs1)N1CCC(N)C1. The Morgan fingerprint density at radius 2 is 2.50 bits per heavy atom. The van der Waals surface area contributed by atoms with Crippen molar-refractivity contribution in [2.24, 2.45) is 5.73 Å². The van der Waals surface area contributed by atoms with Crippen molar-refractivity contribution in [3.8, 4) is 0 Å². The lowest BCUT2D eigenvalue weighted by Gasteiger charge is -2.22. The predicted octanol–water partition coefficient (Wildman–Crippen LogP) is 2.60. The highest BCUT2D eigenvalue weighted by Crippen LogP contribution is 2.30. The Hall–Kier alpha value is 0.1000. The quantitative estimate of drug-likeness (QED) is 0.899. The molecular weight excluding hydrogens is 260 g/mol. The minimum atomic E-state index is 0.376. The predicted molar refractivity (Wildman–Crippen MR) is 64.6 cm³/mol. The van der Waals surface area contributed by atoms with Gasteiger partial charge in [-0.15, -0.1) is 11.3 Å². The maximum atomic E-state index is 5.90. The zero-order chi connectivity index (χ0) is 10.1. The second-order valence-electron chi connectivity index (χ2n) is 3.89. The van der Waals surface area contributed by atoms with Gasteiger partial charge in [-0.3, -0.25) is 4.90 Å². The van der Waals surface area contributed by atoms with Gasteiger partial charge in [0.2, 0.25) is 0 Å². The van der Waals surface area contributed by atoms with Crippen LogP contribution in [0.4, 0.5) is 0 Å². The zero-order valence-corrected chi connectivity index (χ0v) is 10.6. The number of halogens is 1. The first kappa shape index (κ1) is 10.6. The molecule has 4 heteroatoms. The molecule has 0 amide bonds. The molecule has 1 aliphatic heterocycles. The van der Waals surface area contributed by atoms with Crippen LogP contribution in [0.5, 0.6) is 0 Å². The molecule has 1 aromatic heterocycles. The van der Waals surface area contributed by atoms with Crippen LogP contribution in [0.3, 0.4) is 0 Å². The molecule has 2 rings (SSSR count). The second-order valence-corrected chi connectivity index (χ2v) is 5.75. The van der Waals surface area contributed by atoms with E-state index in [1.165, 1.54) is 9.35 Å². The third kappa shape index (κ3) is 2.19. The van der Waals surface area contributed by atoms with Crippen molar-refractivity contribution in [2.75, 3.05) is 13.1 Å². The molecule has 1 aliphatic rings. The first-order valence-corrected chi connectivity index (χ1v) is 6.57. The van der Waals surface area contributed by atoms with E-state index in [9.17, 15) is 0 Å². The summed E-state index contributed by atoms with van der Waals surface area (Å²) >= 11 is 5.30. The molecule has 0 spiro atoms. The highest BCUT2D eigenvalue weighted by molar-refractivity contribution is 9.10. The van der Waals surface area contributed by atoms with Gasteiger partial charge in [0.15, 0.2) is 0 Å². The lowest BCUT2D eigenvalue weighted by atomic mass is 10.2. The highest BCUT2D eigenvalue weighted by Gasteiger charge is 2.24. The molecule has 2 N–H and O–H groups in total. The Balaban J connectivity index is 2.05. The van der Waals surface area contributed by atoms with Crippen LogP contribution in [-0.2, 0) is 0 Å². The van der Waals surface area contributed by atoms with Gasteiger partial charge >= 0.3 is 0 Å². The Morgan fingerprint density at radius 1 is 1.71 bits per heavy atom. The molecule has 0 aliphatic carbocycles. The fraction of sp³-hybridized carbons (Fsp3) is 0.600. The van der Waals surface area contributed by atoms with Crippen LogP contribution in [0.15, 0.2) is 15.9 Å². The molecule has 0 bridgehead atoms.